The second-order valence-electron chi connectivity index (χ2n) is 16.4. The number of pyridine rings is 1. The highest BCUT2D eigenvalue weighted by Gasteiger charge is 2.29. The van der Waals surface area contributed by atoms with Crippen LogP contribution in [0.25, 0.3) is 59.5 Å². The molecule has 6 heterocycles. The fraction of sp³-hybridized carbons (Fsp3) is 0.231. The lowest BCUT2D eigenvalue weighted by molar-refractivity contribution is -0.669. The second kappa shape index (κ2) is 20.4. The minimum Gasteiger partial charge on any atom is -0.748 e. The van der Waals surface area contributed by atoms with Gasteiger partial charge in [-0.05, 0) is 115 Å². The molecule has 0 aliphatic carbocycles. The minimum atomic E-state index is -4.33. The number of thiophene rings is 2. The van der Waals surface area contributed by atoms with Gasteiger partial charge in [-0.2, -0.15) is 9.13 Å². The number of para-hydroxylation sites is 2. The van der Waals surface area contributed by atoms with Gasteiger partial charge in [-0.25, -0.2) is 16.8 Å². The molecule has 2 aliphatic rings. The summed E-state index contributed by atoms with van der Waals surface area (Å²) in [6, 6.07) is 34.1. The van der Waals surface area contributed by atoms with Gasteiger partial charge in [0.05, 0.1) is 36.3 Å². The fourth-order valence-corrected chi connectivity index (χ4v) is 13.9. The molecule has 0 radical (unpaired) electrons. The van der Waals surface area contributed by atoms with Gasteiger partial charge >= 0.3 is 0 Å². The van der Waals surface area contributed by atoms with E-state index < -0.39 is 31.7 Å². The summed E-state index contributed by atoms with van der Waals surface area (Å²) in [6.07, 6.45) is 12.1. The largest absolute Gasteiger partial charge is 0.748 e. The van der Waals surface area contributed by atoms with Gasteiger partial charge in [0.1, 0.15) is 11.2 Å². The van der Waals surface area contributed by atoms with E-state index in [4.69, 9.17) is 0 Å². The molecule has 10 nitrogen and oxygen atoms in total. The Balaban J connectivity index is 0.000000195. The van der Waals surface area contributed by atoms with Crippen molar-refractivity contribution in [2.45, 2.75) is 58.0 Å². The lowest BCUT2D eigenvalue weighted by Crippen LogP contribution is -2.37. The van der Waals surface area contributed by atoms with E-state index >= 15 is 0 Å². The van der Waals surface area contributed by atoms with Gasteiger partial charge in [0.2, 0.25) is 16.7 Å². The molecular formula is C52H50N4O6S6. The number of aromatic nitrogens is 2. The summed E-state index contributed by atoms with van der Waals surface area (Å²) in [6.45, 7) is 9.17. The average Bonchev–Trinajstić information content (AvgIpc) is 4.13. The van der Waals surface area contributed by atoms with Crippen molar-refractivity contribution in [2.75, 3.05) is 34.4 Å². The zero-order chi connectivity index (χ0) is 47.6. The Bertz CT molecular complexity index is 3550. The molecule has 8 aromatic rings. The van der Waals surface area contributed by atoms with Gasteiger partial charge in [-0.3, -0.25) is 0 Å². The number of fused-ring (bicyclic) bond motifs is 8. The molecule has 0 atom stereocenters. The third-order valence-electron chi connectivity index (χ3n) is 12.1. The number of allylic oxidation sites excluding steroid dienone is 3. The number of likely N-dealkylation sites (N-methyl/N-ethyl adjacent to an activating group) is 1. The van der Waals surface area contributed by atoms with Crippen LogP contribution in [0.4, 0.5) is 11.4 Å². The highest BCUT2D eigenvalue weighted by Crippen LogP contribution is 2.51. The monoisotopic (exact) mass is 1020 g/mol. The molecule has 4 aromatic carbocycles. The van der Waals surface area contributed by atoms with Crippen LogP contribution in [0.1, 0.15) is 56.3 Å². The molecule has 0 saturated heterocycles. The number of aryl methyl sites for hydroxylation is 2. The van der Waals surface area contributed by atoms with Crippen molar-refractivity contribution in [2.24, 2.45) is 0 Å². The van der Waals surface area contributed by atoms with E-state index in [-0.39, 0.29) is 12.8 Å². The normalized spacial score (nSPS) is 15.3. The van der Waals surface area contributed by atoms with Crippen molar-refractivity contribution in [1.29, 1.82) is 0 Å². The first kappa shape index (κ1) is 47.9. The summed E-state index contributed by atoms with van der Waals surface area (Å²) in [5.74, 6) is -0.852. The summed E-state index contributed by atoms with van der Waals surface area (Å²) >= 11 is 6.54. The molecule has 4 aromatic heterocycles. The van der Waals surface area contributed by atoms with E-state index in [0.717, 1.165) is 69.7 Å². The van der Waals surface area contributed by atoms with Crippen LogP contribution in [0.15, 0.2) is 141 Å². The minimum absolute atomic E-state index is 0.213. The standard InChI is InChI=1S/C29H28N2O6S6.C23H23N2/c1-2-19(17-26-30(11-3-15-42(32,33)34)28-20-9-13-38-22(20)5-7-24(28)40-26)18-27-31(12-4-16-43(35,36)37)29-21-10-14-39-23(21)6-8-25(29)41-27;1-3-24-20(15-13-18-9-5-7-11-22(18)24)17-21-16-14-19-10-6-8-12-23(19)25(21)4-2/h5-10,13-14,17-18H,2-4,11-12,15-16H2,1H3,(H-,32,33,34,35,36,37);5-17H,3-4H2,1-2H3/q;+1/p-1. The van der Waals surface area contributed by atoms with Crippen LogP contribution in [-0.2, 0) is 33.3 Å². The van der Waals surface area contributed by atoms with E-state index in [2.05, 4.69) is 167 Å². The Morgan fingerprint density at radius 3 is 2.19 bits per heavy atom. The van der Waals surface area contributed by atoms with Crippen LogP contribution in [-0.4, -0.2) is 50.5 Å². The summed E-state index contributed by atoms with van der Waals surface area (Å²) < 4.78 is 76.1. The average molecular weight is 1020 g/mol. The molecule has 350 valence electrons. The molecular weight excluding hydrogens is 969 g/mol. The highest BCUT2D eigenvalue weighted by molar-refractivity contribution is 8.03. The molecule has 0 N–H and O–H groups in total. The molecule has 0 spiro atoms. The Labute approximate surface area is 414 Å². The zero-order valence-corrected chi connectivity index (χ0v) is 42.7. The van der Waals surface area contributed by atoms with Gasteiger partial charge in [0, 0.05) is 91.8 Å². The predicted octanol–water partition coefficient (Wildman–Crippen LogP) is 11.8. The molecule has 0 bridgehead atoms. The Hall–Kier alpha value is -5.17. The lowest BCUT2D eigenvalue weighted by atomic mass is 10.0. The number of anilines is 2. The first-order valence-corrected chi connectivity index (χ1v) is 29.1. The maximum absolute atomic E-state index is 11.4. The third kappa shape index (κ3) is 10.4. The van der Waals surface area contributed by atoms with Crippen LogP contribution in [0.3, 0.4) is 0 Å². The maximum atomic E-state index is 11.4. The van der Waals surface area contributed by atoms with E-state index in [1.807, 2.05) is 10.8 Å². The SMILES string of the molecule is CCC(/C=C1\Sc2ccc3sccc3c2N1CCCS(=O)(=O)[O-])=C\c1sc2ccc3sccc3c2[n+]1CCCS(=O)(=O)[O-].CCN1/C(=C/c2ccc3ccccc3[n+]2CC)C=Cc2ccccc21. The van der Waals surface area contributed by atoms with Gasteiger partial charge in [0.25, 0.3) is 5.01 Å². The highest BCUT2D eigenvalue weighted by atomic mass is 32.2. The van der Waals surface area contributed by atoms with Crippen molar-refractivity contribution >= 4 is 137 Å². The smallest absolute Gasteiger partial charge is 0.263 e. The maximum Gasteiger partial charge on any atom is 0.263 e. The number of nitrogens with zero attached hydrogens (tertiary/aromatic N) is 4. The summed E-state index contributed by atoms with van der Waals surface area (Å²) in [5.41, 5.74) is 9.41. The van der Waals surface area contributed by atoms with Crippen molar-refractivity contribution in [3.8, 4) is 0 Å². The molecule has 2 aliphatic heterocycles. The quantitative estimate of drug-likeness (QED) is 0.0772. The third-order valence-corrected chi connectivity index (χ3v) is 17.6. The van der Waals surface area contributed by atoms with Crippen LogP contribution in [0, 0.1) is 0 Å². The van der Waals surface area contributed by atoms with Crippen LogP contribution in [0.2, 0.25) is 0 Å². The fourth-order valence-electron chi connectivity index (χ4n) is 8.98. The van der Waals surface area contributed by atoms with E-state index in [1.54, 1.807) is 45.8 Å². The van der Waals surface area contributed by atoms with Gasteiger partial charge in [0.15, 0.2) is 6.54 Å². The van der Waals surface area contributed by atoms with Crippen LogP contribution in [0.5, 0.6) is 0 Å². The molecule has 10 rings (SSSR count). The van der Waals surface area contributed by atoms with Gasteiger partial charge in [-0.1, -0.05) is 66.4 Å². The molecule has 0 amide bonds. The van der Waals surface area contributed by atoms with Crippen molar-refractivity contribution in [1.82, 2.24) is 0 Å². The van der Waals surface area contributed by atoms with Crippen molar-refractivity contribution in [3.05, 3.63) is 153 Å². The Morgan fingerprint density at radius 1 is 0.721 bits per heavy atom. The van der Waals surface area contributed by atoms with Crippen molar-refractivity contribution in [3.63, 3.8) is 0 Å². The van der Waals surface area contributed by atoms with Crippen molar-refractivity contribution < 1.29 is 35.1 Å². The number of hydrogen-bond donors (Lipinski definition) is 0. The number of hydrogen-bond acceptors (Lipinski definition) is 12. The first-order chi connectivity index (χ1) is 32.8. The van der Waals surface area contributed by atoms with Crippen LogP contribution >= 0.6 is 45.8 Å². The van der Waals surface area contributed by atoms with E-state index in [0.29, 0.717) is 19.5 Å². The number of benzene rings is 4. The van der Waals surface area contributed by atoms with Gasteiger partial charge in [-0.15, -0.1) is 22.7 Å². The first-order valence-electron chi connectivity index (χ1n) is 22.6. The second-order valence-corrected chi connectivity index (χ2v) is 23.5. The van der Waals surface area contributed by atoms with Crippen LogP contribution < -0.4 is 18.9 Å². The Kier molecular flexibility index (Phi) is 14.4. The summed E-state index contributed by atoms with van der Waals surface area (Å²) in [4.78, 5) is 5.58. The number of rotatable bonds is 14. The molecule has 0 saturated carbocycles. The van der Waals surface area contributed by atoms with E-state index in [1.165, 1.54) is 33.5 Å². The molecule has 16 heteroatoms. The Morgan fingerprint density at radius 2 is 1.43 bits per heavy atom. The predicted molar refractivity (Wildman–Crippen MR) is 283 cm³/mol. The van der Waals surface area contributed by atoms with E-state index in [9.17, 15) is 25.9 Å². The number of thiazole rings is 1. The molecule has 0 unspecified atom stereocenters. The summed E-state index contributed by atoms with van der Waals surface area (Å²) in [7, 11) is -8.65. The zero-order valence-electron chi connectivity index (χ0n) is 37.8. The van der Waals surface area contributed by atoms with Gasteiger partial charge < -0.3 is 18.9 Å². The lowest BCUT2D eigenvalue weighted by Gasteiger charge is -2.29. The number of thioether (sulfide) groups is 1. The summed E-state index contributed by atoms with van der Waals surface area (Å²) in [5, 5.41) is 9.46. The molecule has 0 fully saturated rings. The molecule has 68 heavy (non-hydrogen) atoms. The topological polar surface area (TPSA) is 129 Å².